The molecule has 0 unspecified atom stereocenters. The van der Waals surface area contributed by atoms with Gasteiger partial charge >= 0.3 is 0 Å². The van der Waals surface area contributed by atoms with Crippen LogP contribution in [0.15, 0.2) is 0 Å². The number of fused-ring (bicyclic) bond motifs is 1. The number of amides is 2. The molecular formula is C6H8N2O2. The molecule has 10 heavy (non-hydrogen) atoms. The van der Waals surface area contributed by atoms with Crippen molar-refractivity contribution >= 4 is 11.8 Å². The molecule has 4 heteroatoms. The predicted octanol–water partition coefficient (Wildman–Crippen LogP) is -0.874. The molecule has 1 heterocycles. The maximum atomic E-state index is 11.0. The normalized spacial score (nSPS) is 37.1. The summed E-state index contributed by atoms with van der Waals surface area (Å²) in [5.74, 6) is 0.0270. The Balaban J connectivity index is 2.20. The lowest BCUT2D eigenvalue weighted by Gasteiger charge is -2.21. The molecule has 0 bridgehead atoms. The van der Waals surface area contributed by atoms with Crippen LogP contribution in [-0.2, 0) is 9.59 Å². The standard InChI is InChI=1S/C6H8N2O2/c1-8-6(10)4-2-3(4)5(9)7-8/h3-4H,2H2,1H3,(H,7,9)/t3-,4+/m0/s1. The van der Waals surface area contributed by atoms with Crippen molar-refractivity contribution < 1.29 is 9.59 Å². The molecule has 2 amide bonds. The maximum Gasteiger partial charge on any atom is 0.244 e. The van der Waals surface area contributed by atoms with Crippen molar-refractivity contribution in [1.29, 1.82) is 0 Å². The van der Waals surface area contributed by atoms with Gasteiger partial charge in [0.15, 0.2) is 0 Å². The van der Waals surface area contributed by atoms with E-state index in [0.717, 1.165) is 6.42 Å². The first-order chi connectivity index (χ1) is 4.70. The van der Waals surface area contributed by atoms with Gasteiger partial charge in [0.2, 0.25) is 11.8 Å². The van der Waals surface area contributed by atoms with E-state index in [0.29, 0.717) is 0 Å². The molecule has 2 atom stereocenters. The smallest absolute Gasteiger partial charge is 0.244 e. The SMILES string of the molecule is CN1NC(=O)[C@H]2C[C@H]2C1=O. The van der Waals surface area contributed by atoms with Gasteiger partial charge in [-0.1, -0.05) is 0 Å². The van der Waals surface area contributed by atoms with Gasteiger partial charge in [0.05, 0.1) is 11.8 Å². The molecule has 0 spiro atoms. The van der Waals surface area contributed by atoms with Gasteiger partial charge in [-0.2, -0.15) is 0 Å². The second kappa shape index (κ2) is 1.51. The summed E-state index contributed by atoms with van der Waals surface area (Å²) in [5, 5.41) is 1.27. The fourth-order valence-electron chi connectivity index (χ4n) is 1.31. The van der Waals surface area contributed by atoms with Crippen LogP contribution in [0.1, 0.15) is 6.42 Å². The zero-order chi connectivity index (χ0) is 7.30. The zero-order valence-electron chi connectivity index (χ0n) is 5.63. The van der Waals surface area contributed by atoms with Crippen molar-refractivity contribution in [2.75, 3.05) is 7.05 Å². The van der Waals surface area contributed by atoms with Crippen LogP contribution in [0.25, 0.3) is 0 Å². The first-order valence-electron chi connectivity index (χ1n) is 3.28. The number of hydrazine groups is 1. The molecule has 2 fully saturated rings. The van der Waals surface area contributed by atoms with Gasteiger partial charge in [0, 0.05) is 7.05 Å². The highest BCUT2D eigenvalue weighted by Gasteiger charge is 2.53. The van der Waals surface area contributed by atoms with Crippen LogP contribution in [0, 0.1) is 11.8 Å². The third-order valence-corrected chi connectivity index (χ3v) is 2.05. The molecule has 0 aromatic rings. The number of carbonyl (C=O) groups is 2. The third kappa shape index (κ3) is 0.558. The number of hydrogen-bond acceptors (Lipinski definition) is 2. The summed E-state index contributed by atoms with van der Waals surface area (Å²) < 4.78 is 0. The van der Waals surface area contributed by atoms with Gasteiger partial charge in [-0.15, -0.1) is 0 Å². The second-order valence-electron chi connectivity index (χ2n) is 2.82. The lowest BCUT2D eigenvalue weighted by atomic mass is 10.2. The monoisotopic (exact) mass is 140 g/mol. The van der Waals surface area contributed by atoms with E-state index < -0.39 is 0 Å². The number of rotatable bonds is 0. The minimum Gasteiger partial charge on any atom is -0.273 e. The van der Waals surface area contributed by atoms with E-state index in [1.807, 2.05) is 0 Å². The van der Waals surface area contributed by atoms with Crippen LogP contribution >= 0.6 is 0 Å². The van der Waals surface area contributed by atoms with Crippen molar-refractivity contribution in [2.24, 2.45) is 11.8 Å². The van der Waals surface area contributed by atoms with E-state index in [1.54, 1.807) is 7.05 Å². The minimum atomic E-state index is -0.0105. The van der Waals surface area contributed by atoms with Crippen LogP contribution in [0.2, 0.25) is 0 Å². The van der Waals surface area contributed by atoms with Crippen LogP contribution in [0.5, 0.6) is 0 Å². The average Bonchev–Trinajstić information content (AvgIpc) is 2.61. The van der Waals surface area contributed by atoms with Crippen LogP contribution in [0.4, 0.5) is 0 Å². The molecule has 2 rings (SSSR count). The molecule has 1 aliphatic carbocycles. The molecule has 1 aliphatic heterocycles. The third-order valence-electron chi connectivity index (χ3n) is 2.05. The molecule has 4 nitrogen and oxygen atoms in total. The molecule has 2 aliphatic rings. The van der Waals surface area contributed by atoms with Gasteiger partial charge < -0.3 is 0 Å². The zero-order valence-corrected chi connectivity index (χ0v) is 5.63. The molecule has 54 valence electrons. The Morgan fingerprint density at radius 2 is 2.20 bits per heavy atom. The van der Waals surface area contributed by atoms with E-state index in [-0.39, 0.29) is 23.7 Å². The summed E-state index contributed by atoms with van der Waals surface area (Å²) in [6, 6.07) is 0. The number of nitrogens with one attached hydrogen (secondary N) is 1. The molecule has 0 aromatic carbocycles. The van der Waals surface area contributed by atoms with Crippen molar-refractivity contribution in [3.8, 4) is 0 Å². The van der Waals surface area contributed by atoms with Gasteiger partial charge in [0.25, 0.3) is 0 Å². The quantitative estimate of drug-likeness (QED) is 0.475. The fraction of sp³-hybridized carbons (Fsp3) is 0.667. The lowest BCUT2D eigenvalue weighted by molar-refractivity contribution is -0.146. The summed E-state index contributed by atoms with van der Waals surface area (Å²) in [4.78, 5) is 21.9. The Morgan fingerprint density at radius 3 is 2.90 bits per heavy atom. The van der Waals surface area contributed by atoms with Crippen molar-refractivity contribution in [1.82, 2.24) is 10.4 Å². The summed E-state index contributed by atoms with van der Waals surface area (Å²) >= 11 is 0. The highest BCUT2D eigenvalue weighted by molar-refractivity contribution is 5.96. The van der Waals surface area contributed by atoms with Gasteiger partial charge in [-0.05, 0) is 6.42 Å². The van der Waals surface area contributed by atoms with E-state index in [4.69, 9.17) is 0 Å². The second-order valence-corrected chi connectivity index (χ2v) is 2.82. The Hall–Kier alpha value is -1.06. The minimum absolute atomic E-state index is 0.00116. The Labute approximate surface area is 58.2 Å². The molecule has 1 saturated heterocycles. The number of hydrogen-bond donors (Lipinski definition) is 1. The molecular weight excluding hydrogens is 132 g/mol. The first-order valence-corrected chi connectivity index (χ1v) is 3.28. The van der Waals surface area contributed by atoms with Crippen LogP contribution in [-0.4, -0.2) is 23.9 Å². The number of nitrogens with zero attached hydrogens (tertiary/aromatic N) is 1. The van der Waals surface area contributed by atoms with Crippen molar-refractivity contribution in [3.05, 3.63) is 0 Å². The van der Waals surface area contributed by atoms with E-state index in [2.05, 4.69) is 5.43 Å². The topological polar surface area (TPSA) is 49.4 Å². The van der Waals surface area contributed by atoms with E-state index in [1.165, 1.54) is 5.01 Å². The first kappa shape index (κ1) is 5.70. The fourth-order valence-corrected chi connectivity index (χ4v) is 1.31. The maximum absolute atomic E-state index is 11.0. The van der Waals surface area contributed by atoms with E-state index in [9.17, 15) is 9.59 Å². The van der Waals surface area contributed by atoms with Gasteiger partial charge in [-0.25, -0.2) is 0 Å². The Morgan fingerprint density at radius 1 is 1.50 bits per heavy atom. The summed E-state index contributed by atoms with van der Waals surface area (Å²) in [6.45, 7) is 0. The molecule has 0 aromatic heterocycles. The van der Waals surface area contributed by atoms with Crippen LogP contribution < -0.4 is 5.43 Å². The highest BCUT2D eigenvalue weighted by Crippen LogP contribution is 2.41. The Kier molecular flexibility index (Phi) is 0.859. The molecule has 1 saturated carbocycles. The van der Waals surface area contributed by atoms with Gasteiger partial charge in [0.1, 0.15) is 0 Å². The van der Waals surface area contributed by atoms with Crippen molar-refractivity contribution in [3.63, 3.8) is 0 Å². The average molecular weight is 140 g/mol. The summed E-state index contributed by atoms with van der Waals surface area (Å²) in [7, 11) is 1.58. The Bertz CT molecular complexity index is 210. The largest absolute Gasteiger partial charge is 0.273 e. The van der Waals surface area contributed by atoms with Crippen molar-refractivity contribution in [2.45, 2.75) is 6.42 Å². The molecule has 1 N–H and O–H groups in total. The summed E-state index contributed by atoms with van der Waals surface area (Å²) in [6.07, 6.45) is 0.745. The predicted molar refractivity (Wildman–Crippen MR) is 32.5 cm³/mol. The van der Waals surface area contributed by atoms with Gasteiger partial charge in [-0.3, -0.25) is 20.0 Å². The van der Waals surface area contributed by atoms with Crippen LogP contribution in [0.3, 0.4) is 0 Å². The summed E-state index contributed by atoms with van der Waals surface area (Å²) in [5.41, 5.74) is 2.47. The number of carbonyl (C=O) groups excluding carboxylic acids is 2. The van der Waals surface area contributed by atoms with E-state index >= 15 is 0 Å². The highest BCUT2D eigenvalue weighted by atomic mass is 16.2. The molecule has 0 radical (unpaired) electrons. The lowest BCUT2D eigenvalue weighted by Crippen LogP contribution is -2.49.